The van der Waals surface area contributed by atoms with Crippen LogP contribution in [0.3, 0.4) is 0 Å². The minimum Gasteiger partial charge on any atom is -0.381 e. The molecule has 0 atom stereocenters. The summed E-state index contributed by atoms with van der Waals surface area (Å²) in [6, 6.07) is 0. The van der Waals surface area contributed by atoms with Crippen molar-refractivity contribution in [3.63, 3.8) is 0 Å². The Labute approximate surface area is 113 Å². The molecule has 2 rings (SSSR count). The first kappa shape index (κ1) is 13.9. The van der Waals surface area contributed by atoms with Crippen LogP contribution in [0, 0.1) is 5.41 Å². The largest absolute Gasteiger partial charge is 0.381 e. The van der Waals surface area contributed by atoms with E-state index in [0.717, 1.165) is 45.7 Å². The molecule has 0 aromatic carbocycles. The van der Waals surface area contributed by atoms with Crippen LogP contribution < -0.4 is 5.32 Å². The second-order valence-corrected chi connectivity index (χ2v) is 6.01. The number of hydrogen-bond donors (Lipinski definition) is 1. The van der Waals surface area contributed by atoms with Crippen molar-refractivity contribution in [2.45, 2.75) is 19.4 Å². The normalized spacial score (nSPS) is 19.3. The maximum absolute atomic E-state index is 5.50. The van der Waals surface area contributed by atoms with E-state index < -0.39 is 0 Å². The predicted molar refractivity (Wildman–Crippen MR) is 74.9 cm³/mol. The standard InChI is InChI=1S/C13H23N3OS/c1-14-9-13(3-5-17-6-4-13)10-16(2)7-12-8-18-11-15-12/h8,11,14H,3-7,9-10H2,1-2H3. The fourth-order valence-electron chi connectivity index (χ4n) is 2.79. The first-order valence-corrected chi connectivity index (χ1v) is 7.46. The average Bonchev–Trinajstić information content (AvgIpc) is 2.83. The molecular weight excluding hydrogens is 246 g/mol. The Bertz CT molecular complexity index is 331. The monoisotopic (exact) mass is 269 g/mol. The highest BCUT2D eigenvalue weighted by molar-refractivity contribution is 7.07. The van der Waals surface area contributed by atoms with Crippen LogP contribution in [-0.4, -0.2) is 50.3 Å². The molecular formula is C13H23N3OS. The van der Waals surface area contributed by atoms with Gasteiger partial charge in [-0.05, 0) is 32.4 Å². The maximum atomic E-state index is 5.50. The number of hydrogen-bond acceptors (Lipinski definition) is 5. The van der Waals surface area contributed by atoms with Crippen LogP contribution in [0.5, 0.6) is 0 Å². The topological polar surface area (TPSA) is 37.4 Å². The van der Waals surface area contributed by atoms with Crippen molar-refractivity contribution in [1.29, 1.82) is 0 Å². The quantitative estimate of drug-likeness (QED) is 0.851. The molecule has 102 valence electrons. The summed E-state index contributed by atoms with van der Waals surface area (Å²) >= 11 is 1.67. The lowest BCUT2D eigenvalue weighted by Gasteiger charge is -2.40. The number of nitrogens with zero attached hydrogens (tertiary/aromatic N) is 2. The number of ether oxygens (including phenoxy) is 1. The first-order valence-electron chi connectivity index (χ1n) is 6.52. The smallest absolute Gasteiger partial charge is 0.0795 e. The lowest BCUT2D eigenvalue weighted by molar-refractivity contribution is -0.000854. The Kier molecular flexibility index (Phi) is 5.12. The van der Waals surface area contributed by atoms with E-state index in [-0.39, 0.29) is 0 Å². The van der Waals surface area contributed by atoms with Crippen LogP contribution in [0.25, 0.3) is 0 Å². The van der Waals surface area contributed by atoms with Gasteiger partial charge in [-0.2, -0.15) is 0 Å². The second kappa shape index (κ2) is 6.61. The van der Waals surface area contributed by atoms with Crippen LogP contribution >= 0.6 is 11.3 Å². The highest BCUT2D eigenvalue weighted by Gasteiger charge is 2.33. The molecule has 2 heterocycles. The van der Waals surface area contributed by atoms with E-state index in [1.165, 1.54) is 5.69 Å². The third-order valence-corrected chi connectivity index (χ3v) is 4.26. The number of thiazole rings is 1. The number of aromatic nitrogens is 1. The Morgan fingerprint density at radius 2 is 2.28 bits per heavy atom. The van der Waals surface area contributed by atoms with Crippen molar-refractivity contribution in [3.05, 3.63) is 16.6 Å². The summed E-state index contributed by atoms with van der Waals surface area (Å²) in [6.07, 6.45) is 2.30. The minimum absolute atomic E-state index is 0.359. The van der Waals surface area contributed by atoms with Gasteiger partial charge in [-0.1, -0.05) is 0 Å². The van der Waals surface area contributed by atoms with Crippen molar-refractivity contribution in [1.82, 2.24) is 15.2 Å². The molecule has 0 aliphatic carbocycles. The van der Waals surface area contributed by atoms with Crippen LogP contribution in [0.2, 0.25) is 0 Å². The molecule has 5 heteroatoms. The average molecular weight is 269 g/mol. The van der Waals surface area contributed by atoms with E-state index in [2.05, 4.69) is 27.6 Å². The van der Waals surface area contributed by atoms with Gasteiger partial charge in [-0.3, -0.25) is 4.90 Å². The molecule has 1 aromatic rings. The highest BCUT2D eigenvalue weighted by atomic mass is 32.1. The van der Waals surface area contributed by atoms with Gasteiger partial charge in [0.2, 0.25) is 0 Å². The third-order valence-electron chi connectivity index (χ3n) is 3.63. The van der Waals surface area contributed by atoms with E-state index in [1.54, 1.807) is 11.3 Å². The summed E-state index contributed by atoms with van der Waals surface area (Å²) in [5, 5.41) is 5.48. The second-order valence-electron chi connectivity index (χ2n) is 5.29. The van der Waals surface area contributed by atoms with Gasteiger partial charge >= 0.3 is 0 Å². The van der Waals surface area contributed by atoms with Gasteiger partial charge < -0.3 is 10.1 Å². The van der Waals surface area contributed by atoms with E-state index in [9.17, 15) is 0 Å². The van der Waals surface area contributed by atoms with Crippen molar-refractivity contribution < 1.29 is 4.74 Å². The highest BCUT2D eigenvalue weighted by Crippen LogP contribution is 2.30. The van der Waals surface area contributed by atoms with E-state index in [4.69, 9.17) is 4.74 Å². The molecule has 0 saturated carbocycles. The van der Waals surface area contributed by atoms with Gasteiger partial charge in [0.1, 0.15) is 0 Å². The minimum atomic E-state index is 0.359. The Hall–Kier alpha value is -0.490. The van der Waals surface area contributed by atoms with Crippen LogP contribution in [0.15, 0.2) is 10.9 Å². The molecule has 1 aromatic heterocycles. The fraction of sp³-hybridized carbons (Fsp3) is 0.769. The molecule has 1 aliphatic heterocycles. The Morgan fingerprint density at radius 3 is 2.89 bits per heavy atom. The molecule has 0 amide bonds. The summed E-state index contributed by atoms with van der Waals surface area (Å²) in [6.45, 7) is 4.90. The predicted octanol–water partition coefficient (Wildman–Crippen LogP) is 1.59. The Morgan fingerprint density at radius 1 is 1.50 bits per heavy atom. The maximum Gasteiger partial charge on any atom is 0.0795 e. The molecule has 1 saturated heterocycles. The van der Waals surface area contributed by atoms with Crippen LogP contribution in [-0.2, 0) is 11.3 Å². The molecule has 18 heavy (non-hydrogen) atoms. The molecule has 1 aliphatic rings. The van der Waals surface area contributed by atoms with Gasteiger partial charge in [0.25, 0.3) is 0 Å². The summed E-state index contributed by atoms with van der Waals surface area (Å²) in [5.41, 5.74) is 3.44. The molecule has 0 unspecified atom stereocenters. The Balaban J connectivity index is 1.91. The van der Waals surface area contributed by atoms with Gasteiger partial charge in [-0.15, -0.1) is 11.3 Å². The molecule has 0 spiro atoms. The van der Waals surface area contributed by atoms with Crippen molar-refractivity contribution >= 4 is 11.3 Å². The van der Waals surface area contributed by atoms with Crippen molar-refractivity contribution in [3.8, 4) is 0 Å². The molecule has 1 N–H and O–H groups in total. The van der Waals surface area contributed by atoms with E-state index >= 15 is 0 Å². The summed E-state index contributed by atoms with van der Waals surface area (Å²) in [5.74, 6) is 0. The SMILES string of the molecule is CNCC1(CN(C)Cc2cscn2)CCOCC1. The zero-order valence-corrected chi connectivity index (χ0v) is 12.1. The zero-order chi connectivity index (χ0) is 12.8. The van der Waals surface area contributed by atoms with Gasteiger partial charge in [-0.25, -0.2) is 4.98 Å². The van der Waals surface area contributed by atoms with E-state index in [0.29, 0.717) is 5.41 Å². The zero-order valence-electron chi connectivity index (χ0n) is 11.3. The van der Waals surface area contributed by atoms with Crippen molar-refractivity contribution in [2.75, 3.05) is 40.4 Å². The van der Waals surface area contributed by atoms with Crippen LogP contribution in [0.1, 0.15) is 18.5 Å². The summed E-state index contributed by atoms with van der Waals surface area (Å²) in [4.78, 5) is 6.74. The lowest BCUT2D eigenvalue weighted by Crippen LogP contribution is -2.45. The summed E-state index contributed by atoms with van der Waals surface area (Å²) in [7, 11) is 4.23. The molecule has 1 fully saturated rings. The van der Waals surface area contributed by atoms with Crippen molar-refractivity contribution in [2.24, 2.45) is 5.41 Å². The van der Waals surface area contributed by atoms with Gasteiger partial charge in [0, 0.05) is 38.2 Å². The molecule has 0 radical (unpaired) electrons. The lowest BCUT2D eigenvalue weighted by atomic mass is 9.79. The fourth-order valence-corrected chi connectivity index (χ4v) is 3.34. The first-order chi connectivity index (χ1) is 8.74. The van der Waals surface area contributed by atoms with Gasteiger partial charge in [0.05, 0.1) is 11.2 Å². The van der Waals surface area contributed by atoms with Crippen LogP contribution in [0.4, 0.5) is 0 Å². The molecule has 4 nitrogen and oxygen atoms in total. The summed E-state index contributed by atoms with van der Waals surface area (Å²) < 4.78 is 5.50. The number of rotatable bonds is 6. The number of nitrogens with one attached hydrogen (secondary N) is 1. The third kappa shape index (κ3) is 3.75. The molecule has 0 bridgehead atoms. The van der Waals surface area contributed by atoms with E-state index in [1.807, 2.05) is 12.6 Å². The van der Waals surface area contributed by atoms with Gasteiger partial charge in [0.15, 0.2) is 0 Å².